The van der Waals surface area contributed by atoms with Crippen LogP contribution in [0.25, 0.3) is 0 Å². The summed E-state index contributed by atoms with van der Waals surface area (Å²) in [5.41, 5.74) is 7.53. The number of rotatable bonds is 5. The Morgan fingerprint density at radius 1 is 1.32 bits per heavy atom. The van der Waals surface area contributed by atoms with Gasteiger partial charge in [0.15, 0.2) is 0 Å². The molecule has 0 radical (unpaired) electrons. The second-order valence-electron chi connectivity index (χ2n) is 4.60. The number of nitrogens with two attached hydrogens (primary N) is 1. The first kappa shape index (κ1) is 15.0. The van der Waals surface area contributed by atoms with Crippen molar-refractivity contribution >= 4 is 17.6 Å². The summed E-state index contributed by atoms with van der Waals surface area (Å²) in [4.78, 5) is 24.6. The zero-order valence-electron chi connectivity index (χ0n) is 11.6. The first-order chi connectivity index (χ1) is 8.91. The second kappa shape index (κ2) is 6.78. The van der Waals surface area contributed by atoms with Gasteiger partial charge in [-0.05, 0) is 37.1 Å². The maximum absolute atomic E-state index is 11.8. The Balaban J connectivity index is 2.41. The van der Waals surface area contributed by atoms with E-state index in [-0.39, 0.29) is 18.5 Å². The number of carbonyl (C=O) groups excluding carboxylic acids is 2. The summed E-state index contributed by atoms with van der Waals surface area (Å²) in [5, 5.41) is 0. The Labute approximate surface area is 113 Å². The lowest BCUT2D eigenvalue weighted by Gasteiger charge is -2.10. The molecule has 2 N–H and O–H groups in total. The van der Waals surface area contributed by atoms with Crippen molar-refractivity contribution in [2.75, 3.05) is 26.4 Å². The highest BCUT2D eigenvalue weighted by molar-refractivity contribution is 5.91. The van der Waals surface area contributed by atoms with Gasteiger partial charge in [-0.15, -0.1) is 0 Å². The smallest absolute Gasteiger partial charge is 0.338 e. The molecule has 5 heteroatoms. The van der Waals surface area contributed by atoms with Crippen molar-refractivity contribution in [3.8, 4) is 0 Å². The monoisotopic (exact) mass is 264 g/mol. The minimum absolute atomic E-state index is 0.0275. The Kier molecular flexibility index (Phi) is 5.36. The maximum atomic E-state index is 11.8. The third-order valence-corrected chi connectivity index (χ3v) is 2.74. The molecular formula is C14H20N2O3. The number of hydrogen-bond acceptors (Lipinski definition) is 4. The zero-order chi connectivity index (χ0) is 14.4. The van der Waals surface area contributed by atoms with Crippen molar-refractivity contribution in [3.05, 3.63) is 29.3 Å². The van der Waals surface area contributed by atoms with E-state index in [4.69, 9.17) is 10.5 Å². The summed E-state index contributed by atoms with van der Waals surface area (Å²) in [6.45, 7) is 2.05. The molecule has 1 rings (SSSR count). The van der Waals surface area contributed by atoms with E-state index >= 15 is 0 Å². The summed E-state index contributed by atoms with van der Waals surface area (Å²) in [6, 6.07) is 5.04. The van der Waals surface area contributed by atoms with Gasteiger partial charge < -0.3 is 15.4 Å². The molecule has 0 aliphatic rings. The van der Waals surface area contributed by atoms with Gasteiger partial charge in [-0.2, -0.15) is 0 Å². The van der Waals surface area contributed by atoms with Crippen LogP contribution in [0.3, 0.4) is 0 Å². The lowest BCUT2D eigenvalue weighted by molar-refractivity contribution is -0.128. The van der Waals surface area contributed by atoms with E-state index in [0.717, 1.165) is 5.56 Å². The highest BCUT2D eigenvalue weighted by atomic mass is 16.5. The molecule has 1 aromatic carbocycles. The van der Waals surface area contributed by atoms with Crippen molar-refractivity contribution in [1.82, 2.24) is 4.90 Å². The molecule has 5 nitrogen and oxygen atoms in total. The Bertz CT molecular complexity index is 470. The zero-order valence-corrected chi connectivity index (χ0v) is 11.6. The Morgan fingerprint density at radius 3 is 2.58 bits per heavy atom. The van der Waals surface area contributed by atoms with Gasteiger partial charge >= 0.3 is 5.97 Å². The van der Waals surface area contributed by atoms with Crippen LogP contribution in [0.15, 0.2) is 18.2 Å². The fourth-order valence-corrected chi connectivity index (χ4v) is 1.61. The lowest BCUT2D eigenvalue weighted by atomic mass is 10.1. The van der Waals surface area contributed by atoms with Gasteiger partial charge in [0.1, 0.15) is 0 Å². The number of nitrogen functional groups attached to an aromatic ring is 1. The number of anilines is 1. The van der Waals surface area contributed by atoms with E-state index in [1.165, 1.54) is 4.90 Å². The third kappa shape index (κ3) is 4.62. The van der Waals surface area contributed by atoms with E-state index in [9.17, 15) is 9.59 Å². The standard InChI is InChI=1S/C14H20N2O3/c1-10-9-11(15)6-7-12(10)14(18)19-8-4-5-13(17)16(2)3/h6-7,9H,4-5,8,15H2,1-3H3. The van der Waals surface area contributed by atoms with E-state index in [2.05, 4.69) is 0 Å². The highest BCUT2D eigenvalue weighted by Crippen LogP contribution is 2.13. The van der Waals surface area contributed by atoms with Gasteiger partial charge in [0, 0.05) is 26.2 Å². The second-order valence-corrected chi connectivity index (χ2v) is 4.60. The number of nitrogens with zero attached hydrogens (tertiary/aromatic N) is 1. The summed E-state index contributed by atoms with van der Waals surface area (Å²) in [7, 11) is 3.40. The van der Waals surface area contributed by atoms with Gasteiger partial charge in [-0.25, -0.2) is 4.79 Å². The molecule has 0 aliphatic heterocycles. The van der Waals surface area contributed by atoms with E-state index in [1.54, 1.807) is 32.3 Å². The summed E-state index contributed by atoms with van der Waals surface area (Å²) in [5.74, 6) is -0.352. The van der Waals surface area contributed by atoms with Crippen molar-refractivity contribution in [2.45, 2.75) is 19.8 Å². The molecule has 0 bridgehead atoms. The quantitative estimate of drug-likeness (QED) is 0.498. The number of aryl methyl sites for hydroxylation is 1. The SMILES string of the molecule is Cc1cc(N)ccc1C(=O)OCCCC(=O)N(C)C. The van der Waals surface area contributed by atoms with E-state index in [1.807, 2.05) is 6.92 Å². The number of hydrogen-bond donors (Lipinski definition) is 1. The fraction of sp³-hybridized carbons (Fsp3) is 0.429. The fourth-order valence-electron chi connectivity index (χ4n) is 1.61. The molecule has 0 unspecified atom stereocenters. The summed E-state index contributed by atoms with van der Waals surface area (Å²) >= 11 is 0. The first-order valence-electron chi connectivity index (χ1n) is 6.15. The molecule has 0 fully saturated rings. The predicted molar refractivity (Wildman–Crippen MR) is 73.8 cm³/mol. The van der Waals surface area contributed by atoms with Gasteiger partial charge in [0.2, 0.25) is 5.91 Å². The van der Waals surface area contributed by atoms with Crippen LogP contribution in [0.4, 0.5) is 5.69 Å². The van der Waals surface area contributed by atoms with Crippen LogP contribution in [0, 0.1) is 6.92 Å². The molecule has 0 saturated heterocycles. The Morgan fingerprint density at radius 2 is 2.00 bits per heavy atom. The lowest BCUT2D eigenvalue weighted by Crippen LogP contribution is -2.21. The van der Waals surface area contributed by atoms with Crippen LogP contribution < -0.4 is 5.73 Å². The maximum Gasteiger partial charge on any atom is 0.338 e. The Hall–Kier alpha value is -2.04. The molecule has 1 amide bonds. The van der Waals surface area contributed by atoms with Crippen LogP contribution in [-0.2, 0) is 9.53 Å². The molecular weight excluding hydrogens is 244 g/mol. The number of carbonyl (C=O) groups is 2. The normalized spacial score (nSPS) is 10.1. The average Bonchev–Trinajstić information content (AvgIpc) is 2.33. The number of esters is 1. The van der Waals surface area contributed by atoms with Crippen molar-refractivity contribution < 1.29 is 14.3 Å². The molecule has 104 valence electrons. The van der Waals surface area contributed by atoms with Gasteiger partial charge in [0.05, 0.1) is 12.2 Å². The van der Waals surface area contributed by atoms with Crippen LogP contribution in [0.5, 0.6) is 0 Å². The highest BCUT2D eigenvalue weighted by Gasteiger charge is 2.11. The summed E-state index contributed by atoms with van der Waals surface area (Å²) in [6.07, 6.45) is 0.901. The number of benzene rings is 1. The first-order valence-corrected chi connectivity index (χ1v) is 6.15. The van der Waals surface area contributed by atoms with Crippen molar-refractivity contribution in [1.29, 1.82) is 0 Å². The molecule has 0 aromatic heterocycles. The van der Waals surface area contributed by atoms with E-state index in [0.29, 0.717) is 24.1 Å². The topological polar surface area (TPSA) is 72.6 Å². The van der Waals surface area contributed by atoms with Gasteiger partial charge in [-0.1, -0.05) is 0 Å². The van der Waals surface area contributed by atoms with E-state index < -0.39 is 0 Å². The molecule has 1 aromatic rings. The molecule has 0 heterocycles. The summed E-state index contributed by atoms with van der Waals surface area (Å²) < 4.78 is 5.13. The third-order valence-electron chi connectivity index (χ3n) is 2.74. The molecule has 0 saturated carbocycles. The molecule has 0 spiro atoms. The van der Waals surface area contributed by atoms with Crippen LogP contribution in [0.2, 0.25) is 0 Å². The minimum atomic E-state index is -0.380. The van der Waals surface area contributed by atoms with Crippen LogP contribution in [-0.4, -0.2) is 37.5 Å². The predicted octanol–water partition coefficient (Wildman–Crippen LogP) is 1.60. The van der Waals surface area contributed by atoms with Crippen LogP contribution in [0.1, 0.15) is 28.8 Å². The van der Waals surface area contributed by atoms with Crippen molar-refractivity contribution in [3.63, 3.8) is 0 Å². The average molecular weight is 264 g/mol. The van der Waals surface area contributed by atoms with Gasteiger partial charge in [-0.3, -0.25) is 4.79 Å². The van der Waals surface area contributed by atoms with Crippen molar-refractivity contribution in [2.24, 2.45) is 0 Å². The number of amides is 1. The largest absolute Gasteiger partial charge is 0.462 e. The van der Waals surface area contributed by atoms with Crippen LogP contribution >= 0.6 is 0 Å². The molecule has 0 aliphatic carbocycles. The van der Waals surface area contributed by atoms with Gasteiger partial charge in [0.25, 0.3) is 0 Å². The molecule has 19 heavy (non-hydrogen) atoms. The minimum Gasteiger partial charge on any atom is -0.462 e. The molecule has 0 atom stereocenters. The number of ether oxygens (including phenoxy) is 1.